The van der Waals surface area contributed by atoms with E-state index in [2.05, 4.69) is 11.4 Å². The molecule has 0 aromatic heterocycles. The quantitative estimate of drug-likeness (QED) is 0.808. The summed E-state index contributed by atoms with van der Waals surface area (Å²) in [5.41, 5.74) is 2.40. The van der Waals surface area contributed by atoms with Crippen LogP contribution in [0.25, 0.3) is 0 Å². The Balaban J connectivity index is 2.09. The van der Waals surface area contributed by atoms with Crippen LogP contribution in [-0.2, 0) is 11.2 Å². The smallest absolute Gasteiger partial charge is 0.244 e. The summed E-state index contributed by atoms with van der Waals surface area (Å²) in [5.74, 6) is -0.0110. The van der Waals surface area contributed by atoms with Crippen molar-refractivity contribution in [2.45, 2.75) is 18.9 Å². The summed E-state index contributed by atoms with van der Waals surface area (Å²) in [6.45, 7) is 0.832. The highest BCUT2D eigenvalue weighted by atomic mass is 16.3. The summed E-state index contributed by atoms with van der Waals surface area (Å²) in [4.78, 5) is 14.1. The van der Waals surface area contributed by atoms with Crippen LogP contribution >= 0.6 is 0 Å². The normalized spacial score (nSPS) is 21.5. The average Bonchev–Trinajstić information content (AvgIpc) is 2.47. The summed E-state index contributed by atoms with van der Waals surface area (Å²) in [6.07, 6.45) is 5.29. The number of likely N-dealkylation sites (N-methyl/N-ethyl adjacent to an activating group) is 1. The van der Waals surface area contributed by atoms with Gasteiger partial charge in [-0.05, 0) is 38.1 Å². The van der Waals surface area contributed by atoms with E-state index in [1.807, 2.05) is 43.3 Å². The summed E-state index contributed by atoms with van der Waals surface area (Å²) >= 11 is 0. The standard InChI is InChI=1S/C17H24N2O2/c1-19(2)11-5-8-16(21)18-17-14(12-20)10-9-13-6-3-4-7-15(13)17/h3-8,14,17,20H,9-12H2,1-2H3,(H,18,21)/b8-5+. The van der Waals surface area contributed by atoms with E-state index in [0.717, 1.165) is 24.9 Å². The molecule has 114 valence electrons. The lowest BCUT2D eigenvalue weighted by atomic mass is 9.80. The van der Waals surface area contributed by atoms with Crippen LogP contribution in [0, 0.1) is 5.92 Å². The Kier molecular flexibility index (Phi) is 5.53. The van der Waals surface area contributed by atoms with Crippen LogP contribution in [0.5, 0.6) is 0 Å². The number of aliphatic hydroxyl groups excluding tert-OH is 1. The minimum absolute atomic E-state index is 0.0890. The Labute approximate surface area is 126 Å². The fourth-order valence-electron chi connectivity index (χ4n) is 2.79. The number of carbonyl (C=O) groups is 1. The number of nitrogens with zero attached hydrogens (tertiary/aromatic N) is 1. The number of fused-ring (bicyclic) bond motifs is 1. The summed E-state index contributed by atoms with van der Waals surface area (Å²) in [7, 11) is 3.92. The molecule has 1 amide bonds. The number of benzene rings is 1. The van der Waals surface area contributed by atoms with Crippen molar-refractivity contribution in [1.82, 2.24) is 10.2 Å². The molecule has 1 aliphatic rings. The van der Waals surface area contributed by atoms with Crippen molar-refractivity contribution >= 4 is 5.91 Å². The van der Waals surface area contributed by atoms with Crippen molar-refractivity contribution in [2.75, 3.05) is 27.2 Å². The minimum atomic E-state index is -0.101. The predicted octanol–water partition coefficient (Wildman–Crippen LogP) is 1.52. The fraction of sp³-hybridized carbons (Fsp3) is 0.471. The lowest BCUT2D eigenvalue weighted by molar-refractivity contribution is -0.117. The van der Waals surface area contributed by atoms with E-state index in [1.54, 1.807) is 6.08 Å². The highest BCUT2D eigenvalue weighted by molar-refractivity contribution is 5.87. The molecule has 1 aliphatic carbocycles. The van der Waals surface area contributed by atoms with Crippen LogP contribution in [0.15, 0.2) is 36.4 Å². The minimum Gasteiger partial charge on any atom is -0.396 e. The third kappa shape index (κ3) is 4.16. The third-order valence-electron chi connectivity index (χ3n) is 3.92. The van der Waals surface area contributed by atoms with Gasteiger partial charge in [0, 0.05) is 25.1 Å². The Morgan fingerprint density at radius 2 is 2.19 bits per heavy atom. The fourth-order valence-corrected chi connectivity index (χ4v) is 2.79. The zero-order valence-corrected chi connectivity index (χ0v) is 12.7. The van der Waals surface area contributed by atoms with Gasteiger partial charge in [0.25, 0.3) is 0 Å². The molecule has 0 bridgehead atoms. The highest BCUT2D eigenvalue weighted by Crippen LogP contribution is 2.34. The molecule has 1 aromatic carbocycles. The molecule has 2 N–H and O–H groups in total. The van der Waals surface area contributed by atoms with Gasteiger partial charge in [-0.2, -0.15) is 0 Å². The second kappa shape index (κ2) is 7.38. The zero-order valence-electron chi connectivity index (χ0n) is 12.7. The van der Waals surface area contributed by atoms with Gasteiger partial charge in [-0.1, -0.05) is 30.3 Å². The van der Waals surface area contributed by atoms with E-state index >= 15 is 0 Å². The molecule has 0 saturated carbocycles. The van der Waals surface area contributed by atoms with Gasteiger partial charge in [-0.3, -0.25) is 4.79 Å². The first kappa shape index (κ1) is 15.7. The highest BCUT2D eigenvalue weighted by Gasteiger charge is 2.29. The maximum Gasteiger partial charge on any atom is 0.244 e. The average molecular weight is 288 g/mol. The number of aliphatic hydroxyl groups is 1. The number of hydrogen-bond donors (Lipinski definition) is 2. The number of rotatable bonds is 5. The summed E-state index contributed by atoms with van der Waals surface area (Å²) in [6, 6.07) is 8.06. The van der Waals surface area contributed by atoms with Crippen molar-refractivity contribution < 1.29 is 9.90 Å². The second-order valence-electron chi connectivity index (χ2n) is 5.83. The first-order valence-electron chi connectivity index (χ1n) is 7.42. The Morgan fingerprint density at radius 1 is 1.43 bits per heavy atom. The first-order valence-corrected chi connectivity index (χ1v) is 7.42. The maximum atomic E-state index is 12.1. The Bertz CT molecular complexity index is 511. The van der Waals surface area contributed by atoms with E-state index in [4.69, 9.17) is 0 Å². The van der Waals surface area contributed by atoms with Crippen molar-refractivity contribution in [1.29, 1.82) is 0 Å². The van der Waals surface area contributed by atoms with Crippen molar-refractivity contribution in [2.24, 2.45) is 5.92 Å². The van der Waals surface area contributed by atoms with Crippen LogP contribution in [0.2, 0.25) is 0 Å². The molecule has 4 heteroatoms. The molecule has 2 unspecified atom stereocenters. The number of carbonyl (C=O) groups excluding carboxylic acids is 1. The van der Waals surface area contributed by atoms with E-state index in [0.29, 0.717) is 0 Å². The molecule has 21 heavy (non-hydrogen) atoms. The van der Waals surface area contributed by atoms with E-state index in [-0.39, 0.29) is 24.5 Å². The van der Waals surface area contributed by atoms with E-state index in [1.165, 1.54) is 5.56 Å². The van der Waals surface area contributed by atoms with Gasteiger partial charge in [-0.25, -0.2) is 0 Å². The summed E-state index contributed by atoms with van der Waals surface area (Å²) < 4.78 is 0. The van der Waals surface area contributed by atoms with Crippen molar-refractivity contribution in [3.63, 3.8) is 0 Å². The first-order chi connectivity index (χ1) is 10.1. The summed E-state index contributed by atoms with van der Waals surface area (Å²) in [5, 5.41) is 12.6. The lowest BCUT2D eigenvalue weighted by Gasteiger charge is -2.32. The molecule has 0 spiro atoms. The monoisotopic (exact) mass is 288 g/mol. The van der Waals surface area contributed by atoms with Gasteiger partial charge in [-0.15, -0.1) is 0 Å². The number of amides is 1. The van der Waals surface area contributed by atoms with Gasteiger partial charge in [0.15, 0.2) is 0 Å². The van der Waals surface area contributed by atoms with Crippen LogP contribution in [0.1, 0.15) is 23.6 Å². The second-order valence-corrected chi connectivity index (χ2v) is 5.83. The van der Waals surface area contributed by atoms with E-state index < -0.39 is 0 Å². The predicted molar refractivity (Wildman–Crippen MR) is 83.9 cm³/mol. The van der Waals surface area contributed by atoms with E-state index in [9.17, 15) is 9.90 Å². The number of aryl methyl sites for hydroxylation is 1. The van der Waals surface area contributed by atoms with Crippen LogP contribution in [0.4, 0.5) is 0 Å². The molecule has 1 aromatic rings. The molecule has 0 fully saturated rings. The lowest BCUT2D eigenvalue weighted by Crippen LogP contribution is -2.37. The largest absolute Gasteiger partial charge is 0.396 e. The van der Waals surface area contributed by atoms with Gasteiger partial charge >= 0.3 is 0 Å². The molecule has 2 rings (SSSR count). The van der Waals surface area contributed by atoms with Gasteiger partial charge in [0.05, 0.1) is 6.04 Å². The molecular weight excluding hydrogens is 264 g/mol. The molecule has 2 atom stereocenters. The van der Waals surface area contributed by atoms with Crippen LogP contribution < -0.4 is 5.32 Å². The topological polar surface area (TPSA) is 52.6 Å². The zero-order chi connectivity index (χ0) is 15.2. The molecule has 4 nitrogen and oxygen atoms in total. The van der Waals surface area contributed by atoms with Gasteiger partial charge < -0.3 is 15.3 Å². The van der Waals surface area contributed by atoms with Crippen molar-refractivity contribution in [3.8, 4) is 0 Å². The van der Waals surface area contributed by atoms with Crippen LogP contribution in [0.3, 0.4) is 0 Å². The molecule has 0 saturated heterocycles. The SMILES string of the molecule is CN(C)C/C=C/C(=O)NC1c2ccccc2CCC1CO. The van der Waals surface area contributed by atoms with Gasteiger partial charge in [0.2, 0.25) is 5.91 Å². The number of hydrogen-bond acceptors (Lipinski definition) is 3. The number of nitrogens with one attached hydrogen (secondary N) is 1. The van der Waals surface area contributed by atoms with Crippen molar-refractivity contribution in [3.05, 3.63) is 47.5 Å². The Morgan fingerprint density at radius 3 is 2.90 bits per heavy atom. The van der Waals surface area contributed by atoms with Gasteiger partial charge in [0.1, 0.15) is 0 Å². The third-order valence-corrected chi connectivity index (χ3v) is 3.92. The molecule has 0 radical (unpaired) electrons. The maximum absolute atomic E-state index is 12.1. The molecule has 0 heterocycles. The van der Waals surface area contributed by atoms with Crippen LogP contribution in [-0.4, -0.2) is 43.2 Å². The molecule has 0 aliphatic heterocycles. The molecular formula is C17H24N2O2. The Hall–Kier alpha value is -1.65.